The second-order valence-electron chi connectivity index (χ2n) is 3.95. The largest absolute Gasteiger partial charge is 0.573 e. The summed E-state index contributed by atoms with van der Waals surface area (Å²) in [5.41, 5.74) is 6.98. The summed E-state index contributed by atoms with van der Waals surface area (Å²) in [5.74, 6) is -0.247. The highest BCUT2D eigenvalue weighted by Gasteiger charge is 2.30. The lowest BCUT2D eigenvalue weighted by Gasteiger charge is -2.09. The molecule has 106 valence electrons. The SMILES string of the molecule is Cc1nc(Sc2ccc(OC(F)(F)F)cc2)ccc1N. The van der Waals surface area contributed by atoms with Crippen molar-refractivity contribution < 1.29 is 17.9 Å². The summed E-state index contributed by atoms with van der Waals surface area (Å²) in [4.78, 5) is 5.04. The molecule has 0 bridgehead atoms. The van der Waals surface area contributed by atoms with Gasteiger partial charge >= 0.3 is 6.36 Å². The van der Waals surface area contributed by atoms with Gasteiger partial charge in [-0.25, -0.2) is 4.98 Å². The van der Waals surface area contributed by atoms with Gasteiger partial charge in [-0.05, 0) is 43.3 Å². The molecule has 0 unspecified atom stereocenters. The van der Waals surface area contributed by atoms with Crippen LogP contribution in [0.15, 0.2) is 46.3 Å². The Labute approximate surface area is 118 Å². The zero-order valence-electron chi connectivity index (χ0n) is 10.4. The standard InChI is InChI=1S/C13H11F3N2OS/c1-8-11(17)6-7-12(18-8)20-10-4-2-9(3-5-10)19-13(14,15)16/h2-7H,17H2,1H3. The first-order valence-electron chi connectivity index (χ1n) is 5.60. The summed E-state index contributed by atoms with van der Waals surface area (Å²) in [5, 5.41) is 0.723. The number of nitrogens with zero attached hydrogens (tertiary/aromatic N) is 1. The van der Waals surface area contributed by atoms with Crippen LogP contribution in [0, 0.1) is 6.92 Å². The highest BCUT2D eigenvalue weighted by Crippen LogP contribution is 2.30. The van der Waals surface area contributed by atoms with Gasteiger partial charge in [0.1, 0.15) is 10.8 Å². The minimum Gasteiger partial charge on any atom is -0.406 e. The quantitative estimate of drug-likeness (QED) is 0.930. The average Bonchev–Trinajstić information content (AvgIpc) is 2.35. The Morgan fingerprint density at radius 1 is 1.10 bits per heavy atom. The molecule has 1 aromatic carbocycles. The Kier molecular flexibility index (Phi) is 4.08. The Balaban J connectivity index is 2.08. The van der Waals surface area contributed by atoms with E-state index in [1.54, 1.807) is 31.2 Å². The lowest BCUT2D eigenvalue weighted by Crippen LogP contribution is -2.16. The molecule has 0 aliphatic heterocycles. The van der Waals surface area contributed by atoms with Gasteiger partial charge in [-0.15, -0.1) is 13.2 Å². The van der Waals surface area contributed by atoms with Gasteiger partial charge in [0.05, 0.1) is 11.4 Å². The molecule has 0 saturated carbocycles. The Morgan fingerprint density at radius 2 is 1.75 bits per heavy atom. The number of pyridine rings is 1. The molecule has 1 aromatic heterocycles. The third-order valence-electron chi connectivity index (χ3n) is 2.38. The number of ether oxygens (including phenoxy) is 1. The zero-order valence-corrected chi connectivity index (χ0v) is 11.3. The van der Waals surface area contributed by atoms with E-state index in [2.05, 4.69) is 9.72 Å². The highest BCUT2D eigenvalue weighted by molar-refractivity contribution is 7.99. The van der Waals surface area contributed by atoms with Crippen LogP contribution >= 0.6 is 11.8 Å². The van der Waals surface area contributed by atoms with Crippen molar-refractivity contribution in [2.75, 3.05) is 5.73 Å². The molecule has 3 nitrogen and oxygen atoms in total. The number of nitrogen functional groups attached to an aromatic ring is 1. The second-order valence-corrected chi connectivity index (χ2v) is 5.04. The summed E-state index contributed by atoms with van der Waals surface area (Å²) in [6.07, 6.45) is -4.68. The molecule has 0 saturated heterocycles. The van der Waals surface area contributed by atoms with Crippen LogP contribution in [0.25, 0.3) is 0 Å². The van der Waals surface area contributed by atoms with Crippen LogP contribution in [-0.2, 0) is 0 Å². The summed E-state index contributed by atoms with van der Waals surface area (Å²) in [6.45, 7) is 1.79. The molecule has 0 spiro atoms. The van der Waals surface area contributed by atoms with Gasteiger partial charge in [0, 0.05) is 4.90 Å². The summed E-state index contributed by atoms with van der Waals surface area (Å²) >= 11 is 1.33. The Morgan fingerprint density at radius 3 is 2.30 bits per heavy atom. The average molecular weight is 300 g/mol. The van der Waals surface area contributed by atoms with Gasteiger partial charge < -0.3 is 10.5 Å². The van der Waals surface area contributed by atoms with Crippen LogP contribution in [0.4, 0.5) is 18.9 Å². The Bertz CT molecular complexity index is 600. The van der Waals surface area contributed by atoms with Gasteiger partial charge in [0.15, 0.2) is 0 Å². The third-order valence-corrected chi connectivity index (χ3v) is 3.33. The second kappa shape index (κ2) is 5.62. The summed E-state index contributed by atoms with van der Waals surface area (Å²) in [7, 11) is 0. The van der Waals surface area contributed by atoms with Crippen LogP contribution in [0.5, 0.6) is 5.75 Å². The van der Waals surface area contributed by atoms with Crippen molar-refractivity contribution in [3.05, 3.63) is 42.1 Å². The summed E-state index contributed by atoms with van der Waals surface area (Å²) < 4.78 is 39.9. The molecule has 2 aromatic rings. The van der Waals surface area contributed by atoms with E-state index in [9.17, 15) is 13.2 Å². The van der Waals surface area contributed by atoms with Crippen molar-refractivity contribution in [3.8, 4) is 5.75 Å². The molecule has 0 radical (unpaired) electrons. The number of aryl methyl sites for hydroxylation is 1. The number of rotatable bonds is 3. The van der Waals surface area contributed by atoms with Gasteiger partial charge in [0.2, 0.25) is 0 Å². The fourth-order valence-electron chi connectivity index (χ4n) is 1.44. The fourth-order valence-corrected chi connectivity index (χ4v) is 2.27. The molecule has 0 atom stereocenters. The summed E-state index contributed by atoms with van der Waals surface area (Å²) in [6, 6.07) is 9.11. The number of aromatic nitrogens is 1. The van der Waals surface area contributed by atoms with Crippen LogP contribution < -0.4 is 10.5 Å². The molecule has 0 aliphatic rings. The normalized spacial score (nSPS) is 11.4. The first-order valence-corrected chi connectivity index (χ1v) is 6.42. The van der Waals surface area contributed by atoms with E-state index in [1.807, 2.05) is 0 Å². The number of hydrogen-bond donors (Lipinski definition) is 1. The highest BCUT2D eigenvalue weighted by atomic mass is 32.2. The minimum absolute atomic E-state index is 0.247. The maximum absolute atomic E-state index is 12.0. The molecular formula is C13H11F3N2OS. The first kappa shape index (κ1) is 14.5. The number of halogens is 3. The minimum atomic E-state index is -4.68. The van der Waals surface area contributed by atoms with E-state index in [1.165, 1.54) is 23.9 Å². The topological polar surface area (TPSA) is 48.1 Å². The number of benzene rings is 1. The van der Waals surface area contributed by atoms with E-state index in [4.69, 9.17) is 5.73 Å². The van der Waals surface area contributed by atoms with Crippen molar-refractivity contribution in [2.45, 2.75) is 23.2 Å². The fraction of sp³-hybridized carbons (Fsp3) is 0.154. The van der Waals surface area contributed by atoms with E-state index in [-0.39, 0.29) is 5.75 Å². The van der Waals surface area contributed by atoms with E-state index >= 15 is 0 Å². The molecule has 2 rings (SSSR count). The molecule has 0 amide bonds. The predicted octanol–water partition coefficient (Wildman–Crippen LogP) is 4.02. The third kappa shape index (κ3) is 4.06. The van der Waals surface area contributed by atoms with Crippen LogP contribution in [0.1, 0.15) is 5.69 Å². The molecule has 20 heavy (non-hydrogen) atoms. The van der Waals surface area contributed by atoms with Crippen molar-refractivity contribution in [1.82, 2.24) is 4.98 Å². The van der Waals surface area contributed by atoms with Crippen molar-refractivity contribution in [2.24, 2.45) is 0 Å². The van der Waals surface area contributed by atoms with Gasteiger partial charge in [-0.2, -0.15) is 0 Å². The Hall–Kier alpha value is -1.89. The van der Waals surface area contributed by atoms with Crippen molar-refractivity contribution in [1.29, 1.82) is 0 Å². The maximum Gasteiger partial charge on any atom is 0.573 e. The van der Waals surface area contributed by atoms with Gasteiger partial charge in [-0.3, -0.25) is 0 Å². The number of anilines is 1. The van der Waals surface area contributed by atoms with Crippen LogP contribution in [0.3, 0.4) is 0 Å². The lowest BCUT2D eigenvalue weighted by atomic mass is 10.3. The zero-order chi connectivity index (χ0) is 14.8. The molecule has 1 heterocycles. The lowest BCUT2D eigenvalue weighted by molar-refractivity contribution is -0.274. The smallest absolute Gasteiger partial charge is 0.406 e. The van der Waals surface area contributed by atoms with E-state index < -0.39 is 6.36 Å². The molecule has 0 fully saturated rings. The van der Waals surface area contributed by atoms with E-state index in [0.29, 0.717) is 11.4 Å². The molecular weight excluding hydrogens is 289 g/mol. The van der Waals surface area contributed by atoms with Crippen molar-refractivity contribution >= 4 is 17.4 Å². The maximum atomic E-state index is 12.0. The van der Waals surface area contributed by atoms with Crippen LogP contribution in [0.2, 0.25) is 0 Å². The monoisotopic (exact) mass is 300 g/mol. The predicted molar refractivity (Wildman–Crippen MR) is 70.6 cm³/mol. The van der Waals surface area contributed by atoms with E-state index in [0.717, 1.165) is 9.92 Å². The first-order chi connectivity index (χ1) is 9.33. The number of nitrogens with two attached hydrogens (primary N) is 1. The van der Waals surface area contributed by atoms with Crippen molar-refractivity contribution in [3.63, 3.8) is 0 Å². The van der Waals surface area contributed by atoms with Crippen LogP contribution in [-0.4, -0.2) is 11.3 Å². The number of hydrogen-bond acceptors (Lipinski definition) is 4. The van der Waals surface area contributed by atoms with Gasteiger partial charge in [-0.1, -0.05) is 11.8 Å². The number of alkyl halides is 3. The molecule has 7 heteroatoms. The molecule has 2 N–H and O–H groups in total. The van der Waals surface area contributed by atoms with Gasteiger partial charge in [0.25, 0.3) is 0 Å². The molecule has 0 aliphatic carbocycles.